The van der Waals surface area contributed by atoms with Crippen molar-refractivity contribution in [3.05, 3.63) is 11.1 Å². The van der Waals surface area contributed by atoms with Gasteiger partial charge >= 0.3 is 11.9 Å². The van der Waals surface area contributed by atoms with Crippen LogP contribution in [0.2, 0.25) is 0 Å². The number of fused-ring (bicyclic) bond motifs is 3. The maximum Gasteiger partial charge on any atom is 0.323 e. The van der Waals surface area contributed by atoms with E-state index in [-0.39, 0.29) is 11.9 Å². The molecule has 0 aromatic rings. The second-order valence-corrected chi connectivity index (χ2v) is 7.00. The summed E-state index contributed by atoms with van der Waals surface area (Å²) in [7, 11) is 0. The Morgan fingerprint density at radius 3 is 2.36 bits per heavy atom. The SMILES string of the molecule is CCOC(=O)C1(C(=O)OCC)C[C@@H]2C[C@H]3CCC(C)=C3[C@@H]2C1. The third-order valence-electron chi connectivity index (χ3n) is 5.87. The molecule has 2 fully saturated rings. The topological polar surface area (TPSA) is 52.6 Å². The molecule has 3 aliphatic carbocycles. The summed E-state index contributed by atoms with van der Waals surface area (Å²) in [4.78, 5) is 25.1. The third-order valence-corrected chi connectivity index (χ3v) is 5.87. The standard InChI is InChI=1S/C18H26O4/c1-4-21-16(19)18(17(20)22-5-2)9-13-8-12-7-6-11(3)15(12)14(13)10-18/h12-14H,4-10H2,1-3H3/t12-,13+,14-/m1/s1. The maximum absolute atomic E-state index is 12.5. The van der Waals surface area contributed by atoms with E-state index >= 15 is 0 Å². The number of rotatable bonds is 4. The molecule has 22 heavy (non-hydrogen) atoms. The summed E-state index contributed by atoms with van der Waals surface area (Å²) < 4.78 is 10.5. The van der Waals surface area contributed by atoms with Gasteiger partial charge in [0.1, 0.15) is 0 Å². The van der Waals surface area contributed by atoms with Crippen LogP contribution in [0.15, 0.2) is 11.1 Å². The maximum atomic E-state index is 12.5. The van der Waals surface area contributed by atoms with Crippen LogP contribution in [0.3, 0.4) is 0 Å². The van der Waals surface area contributed by atoms with Crippen molar-refractivity contribution in [1.82, 2.24) is 0 Å². The van der Waals surface area contributed by atoms with Crippen molar-refractivity contribution in [3.63, 3.8) is 0 Å². The molecule has 4 nitrogen and oxygen atoms in total. The van der Waals surface area contributed by atoms with Crippen LogP contribution in [0, 0.1) is 23.2 Å². The average Bonchev–Trinajstić information content (AvgIpc) is 3.10. The predicted molar refractivity (Wildman–Crippen MR) is 82.0 cm³/mol. The summed E-state index contributed by atoms with van der Waals surface area (Å²) in [5.41, 5.74) is 1.96. The molecule has 0 saturated heterocycles. The lowest BCUT2D eigenvalue weighted by Crippen LogP contribution is -2.40. The molecular formula is C18H26O4. The molecule has 0 aromatic carbocycles. The summed E-state index contributed by atoms with van der Waals surface area (Å²) in [6, 6.07) is 0. The smallest absolute Gasteiger partial charge is 0.323 e. The minimum Gasteiger partial charge on any atom is -0.465 e. The highest BCUT2D eigenvalue weighted by molar-refractivity contribution is 6.00. The molecule has 122 valence electrons. The predicted octanol–water partition coefficient (Wildman–Crippen LogP) is 3.26. The van der Waals surface area contributed by atoms with Crippen LogP contribution in [-0.4, -0.2) is 25.2 Å². The van der Waals surface area contributed by atoms with Gasteiger partial charge in [-0.25, -0.2) is 0 Å². The van der Waals surface area contributed by atoms with Crippen LogP contribution in [0.1, 0.15) is 52.9 Å². The first-order chi connectivity index (χ1) is 10.5. The molecule has 0 bridgehead atoms. The summed E-state index contributed by atoms with van der Waals surface area (Å²) in [6.07, 6.45) is 4.73. The Hall–Kier alpha value is -1.32. The Morgan fingerprint density at radius 1 is 1.14 bits per heavy atom. The van der Waals surface area contributed by atoms with Gasteiger partial charge in [-0.15, -0.1) is 0 Å². The molecule has 2 saturated carbocycles. The number of ether oxygens (including phenoxy) is 2. The molecule has 4 heteroatoms. The highest BCUT2D eigenvalue weighted by Gasteiger charge is 2.61. The number of esters is 2. The van der Waals surface area contributed by atoms with Gasteiger partial charge in [0.2, 0.25) is 0 Å². The van der Waals surface area contributed by atoms with Crippen molar-refractivity contribution in [1.29, 1.82) is 0 Å². The van der Waals surface area contributed by atoms with E-state index in [1.54, 1.807) is 19.4 Å². The van der Waals surface area contributed by atoms with Gasteiger partial charge in [-0.3, -0.25) is 9.59 Å². The van der Waals surface area contributed by atoms with Crippen LogP contribution in [0.25, 0.3) is 0 Å². The molecule has 0 spiro atoms. The van der Waals surface area contributed by atoms with Crippen LogP contribution in [-0.2, 0) is 19.1 Å². The Morgan fingerprint density at radius 2 is 1.77 bits per heavy atom. The third kappa shape index (κ3) is 2.19. The van der Waals surface area contributed by atoms with Crippen LogP contribution < -0.4 is 0 Å². The highest BCUT2D eigenvalue weighted by Crippen LogP contribution is 2.61. The van der Waals surface area contributed by atoms with Gasteiger partial charge < -0.3 is 9.47 Å². The Balaban J connectivity index is 1.89. The fourth-order valence-corrected chi connectivity index (χ4v) is 5.05. The van der Waals surface area contributed by atoms with E-state index in [1.165, 1.54) is 18.4 Å². The van der Waals surface area contributed by atoms with Crippen molar-refractivity contribution < 1.29 is 19.1 Å². The second-order valence-electron chi connectivity index (χ2n) is 7.00. The van der Waals surface area contributed by atoms with E-state index in [2.05, 4.69) is 6.92 Å². The number of hydrogen-bond acceptors (Lipinski definition) is 4. The normalized spacial score (nSPS) is 31.9. The Kier molecular flexibility index (Phi) is 4.04. The molecule has 0 heterocycles. The molecule has 0 amide bonds. The first kappa shape index (κ1) is 15.6. The van der Waals surface area contributed by atoms with Crippen LogP contribution in [0.5, 0.6) is 0 Å². The van der Waals surface area contributed by atoms with E-state index in [9.17, 15) is 9.59 Å². The molecule has 0 unspecified atom stereocenters. The van der Waals surface area contributed by atoms with Gasteiger partial charge in [0.25, 0.3) is 0 Å². The Labute approximate surface area is 132 Å². The summed E-state index contributed by atoms with van der Waals surface area (Å²) in [5, 5.41) is 0. The average molecular weight is 306 g/mol. The van der Waals surface area contributed by atoms with Crippen molar-refractivity contribution in [2.45, 2.75) is 52.9 Å². The second kappa shape index (κ2) is 5.71. The molecule has 0 N–H and O–H groups in total. The molecule has 3 rings (SSSR count). The van der Waals surface area contributed by atoms with Gasteiger partial charge in [-0.1, -0.05) is 11.1 Å². The first-order valence-corrected chi connectivity index (χ1v) is 8.57. The lowest BCUT2D eigenvalue weighted by Gasteiger charge is -2.26. The van der Waals surface area contributed by atoms with Crippen molar-refractivity contribution in [2.75, 3.05) is 13.2 Å². The monoisotopic (exact) mass is 306 g/mol. The molecule has 0 aromatic heterocycles. The van der Waals surface area contributed by atoms with E-state index in [0.29, 0.717) is 43.8 Å². The van der Waals surface area contributed by atoms with Gasteiger partial charge in [0.15, 0.2) is 5.41 Å². The van der Waals surface area contributed by atoms with Gasteiger partial charge in [-0.2, -0.15) is 0 Å². The van der Waals surface area contributed by atoms with E-state index < -0.39 is 5.41 Å². The Bertz CT molecular complexity index is 501. The lowest BCUT2D eigenvalue weighted by molar-refractivity contribution is -0.172. The van der Waals surface area contributed by atoms with Crippen molar-refractivity contribution in [2.24, 2.45) is 23.2 Å². The van der Waals surface area contributed by atoms with Crippen molar-refractivity contribution in [3.8, 4) is 0 Å². The molecule has 0 aliphatic heterocycles. The zero-order valence-electron chi connectivity index (χ0n) is 13.8. The summed E-state index contributed by atoms with van der Waals surface area (Å²) in [5.74, 6) is 0.745. The number of allylic oxidation sites excluding steroid dienone is 2. The first-order valence-electron chi connectivity index (χ1n) is 8.57. The van der Waals surface area contributed by atoms with Crippen molar-refractivity contribution >= 4 is 11.9 Å². The molecular weight excluding hydrogens is 280 g/mol. The minimum absolute atomic E-state index is 0.305. The number of carbonyl (C=O) groups excluding carboxylic acids is 2. The summed E-state index contributed by atoms with van der Waals surface area (Å²) in [6.45, 7) is 6.39. The largest absolute Gasteiger partial charge is 0.465 e. The van der Waals surface area contributed by atoms with Gasteiger partial charge in [-0.05, 0) is 70.6 Å². The zero-order chi connectivity index (χ0) is 15.9. The fraction of sp³-hybridized carbons (Fsp3) is 0.778. The minimum atomic E-state index is -1.07. The quantitative estimate of drug-likeness (QED) is 0.454. The lowest BCUT2D eigenvalue weighted by atomic mass is 9.81. The van der Waals surface area contributed by atoms with Gasteiger partial charge in [0.05, 0.1) is 13.2 Å². The number of hydrogen-bond donors (Lipinski definition) is 0. The van der Waals surface area contributed by atoms with Crippen LogP contribution >= 0.6 is 0 Å². The zero-order valence-corrected chi connectivity index (χ0v) is 13.8. The molecule has 0 radical (unpaired) electrons. The van der Waals surface area contributed by atoms with E-state index in [4.69, 9.17) is 9.47 Å². The van der Waals surface area contributed by atoms with E-state index in [1.807, 2.05) is 0 Å². The van der Waals surface area contributed by atoms with E-state index in [0.717, 1.165) is 6.42 Å². The highest BCUT2D eigenvalue weighted by atomic mass is 16.6. The summed E-state index contributed by atoms with van der Waals surface area (Å²) >= 11 is 0. The number of carbonyl (C=O) groups is 2. The molecule has 3 atom stereocenters. The van der Waals surface area contributed by atoms with Crippen LogP contribution in [0.4, 0.5) is 0 Å². The molecule has 3 aliphatic rings. The fourth-order valence-electron chi connectivity index (χ4n) is 5.05. The van der Waals surface area contributed by atoms with Gasteiger partial charge in [0, 0.05) is 0 Å².